The van der Waals surface area contributed by atoms with Crippen LogP contribution in [0, 0.1) is 11.8 Å². The summed E-state index contributed by atoms with van der Waals surface area (Å²) in [7, 11) is 1.89. The summed E-state index contributed by atoms with van der Waals surface area (Å²) in [5.41, 5.74) is 0. The lowest BCUT2D eigenvalue weighted by Gasteiger charge is -2.03. The highest BCUT2D eigenvalue weighted by molar-refractivity contribution is 5.30. The van der Waals surface area contributed by atoms with E-state index < -0.39 is 0 Å². The molecule has 1 aliphatic rings. The van der Waals surface area contributed by atoms with Gasteiger partial charge in [-0.1, -0.05) is 12.1 Å². The molecule has 66 valence electrons. The Hall–Kier alpha value is -1.06. The average molecular weight is 166 g/mol. The van der Waals surface area contributed by atoms with Crippen molar-refractivity contribution in [1.29, 1.82) is 0 Å². The van der Waals surface area contributed by atoms with Crippen LogP contribution in [0.5, 0.6) is 0 Å². The minimum atomic E-state index is 0.861. The zero-order chi connectivity index (χ0) is 8.55. The summed E-state index contributed by atoms with van der Waals surface area (Å²) in [5, 5.41) is 11.0. The van der Waals surface area contributed by atoms with Gasteiger partial charge in [0.15, 0.2) is 0 Å². The molecule has 0 aromatic carbocycles. The first-order valence-electron chi connectivity index (χ1n) is 4.36. The smallest absolute Gasteiger partial charge is 0.144 e. The van der Waals surface area contributed by atoms with Gasteiger partial charge < -0.3 is 5.32 Å². The molecule has 0 saturated heterocycles. The number of hydrogen-bond acceptors (Lipinski definition) is 3. The van der Waals surface area contributed by atoms with E-state index in [0.29, 0.717) is 0 Å². The van der Waals surface area contributed by atoms with E-state index in [0.717, 1.165) is 24.2 Å². The van der Waals surface area contributed by atoms with E-state index >= 15 is 0 Å². The summed E-state index contributed by atoms with van der Waals surface area (Å²) in [6.07, 6.45) is 3.12. The van der Waals surface area contributed by atoms with E-state index in [-0.39, 0.29) is 0 Å². The monoisotopic (exact) mass is 166 g/mol. The van der Waals surface area contributed by atoms with Gasteiger partial charge in [-0.05, 0) is 18.3 Å². The first-order valence-corrected chi connectivity index (χ1v) is 4.36. The van der Waals surface area contributed by atoms with Crippen LogP contribution in [0.25, 0.3) is 0 Å². The molecule has 1 aromatic heterocycles. The molecule has 1 saturated carbocycles. The third-order valence-electron chi connectivity index (χ3n) is 2.54. The zero-order valence-corrected chi connectivity index (χ0v) is 7.49. The Labute approximate surface area is 72.0 Å². The normalized spacial score (nSPS) is 27.2. The quantitative estimate of drug-likeness (QED) is 0.725. The Balaban J connectivity index is 1.84. The van der Waals surface area contributed by atoms with Crippen LogP contribution in [0.15, 0.2) is 6.20 Å². The van der Waals surface area contributed by atoms with Crippen LogP contribution < -0.4 is 5.32 Å². The molecule has 1 heterocycles. The van der Waals surface area contributed by atoms with Crippen molar-refractivity contribution >= 4 is 5.82 Å². The van der Waals surface area contributed by atoms with Crippen molar-refractivity contribution in [1.82, 2.24) is 15.0 Å². The predicted molar refractivity (Wildman–Crippen MR) is 46.8 cm³/mol. The first-order chi connectivity index (χ1) is 5.77. The molecule has 4 nitrogen and oxygen atoms in total. The number of rotatable bonds is 3. The average Bonchev–Trinajstić information content (AvgIpc) is 2.57. The maximum atomic E-state index is 3.84. The fraction of sp³-hybridized carbons (Fsp3) is 0.750. The fourth-order valence-corrected chi connectivity index (χ4v) is 1.37. The molecule has 12 heavy (non-hydrogen) atoms. The van der Waals surface area contributed by atoms with Crippen LogP contribution in [0.2, 0.25) is 0 Å². The van der Waals surface area contributed by atoms with E-state index in [4.69, 9.17) is 0 Å². The molecular weight excluding hydrogens is 152 g/mol. The minimum Gasteiger partial charge on any atom is -0.369 e. The minimum absolute atomic E-state index is 0.861. The van der Waals surface area contributed by atoms with Crippen LogP contribution in [-0.2, 0) is 7.05 Å². The third kappa shape index (κ3) is 1.42. The summed E-state index contributed by atoms with van der Waals surface area (Å²) in [6, 6.07) is 0. The first kappa shape index (κ1) is 7.58. The van der Waals surface area contributed by atoms with Crippen molar-refractivity contribution in [2.45, 2.75) is 13.3 Å². The van der Waals surface area contributed by atoms with Crippen LogP contribution >= 0.6 is 0 Å². The van der Waals surface area contributed by atoms with Gasteiger partial charge in [-0.2, -0.15) is 0 Å². The summed E-state index contributed by atoms with van der Waals surface area (Å²) in [5.74, 6) is 2.77. The highest BCUT2D eigenvalue weighted by Gasteiger charge is 2.31. The molecule has 1 aromatic rings. The zero-order valence-electron chi connectivity index (χ0n) is 7.49. The molecule has 4 heteroatoms. The number of nitrogens with one attached hydrogen (secondary N) is 1. The lowest BCUT2D eigenvalue weighted by molar-refractivity contribution is 0.708. The number of aryl methyl sites for hydroxylation is 1. The largest absolute Gasteiger partial charge is 0.369 e. The molecule has 2 unspecified atom stereocenters. The van der Waals surface area contributed by atoms with Gasteiger partial charge in [-0.15, -0.1) is 5.10 Å². The highest BCUT2D eigenvalue weighted by Crippen LogP contribution is 2.37. The second-order valence-electron chi connectivity index (χ2n) is 3.60. The molecule has 0 aliphatic heterocycles. The molecule has 0 spiro atoms. The lowest BCUT2D eigenvalue weighted by atomic mass is 10.3. The van der Waals surface area contributed by atoms with Crippen LogP contribution in [-0.4, -0.2) is 21.5 Å². The van der Waals surface area contributed by atoms with Crippen molar-refractivity contribution in [2.24, 2.45) is 18.9 Å². The van der Waals surface area contributed by atoms with Gasteiger partial charge in [0, 0.05) is 13.6 Å². The second-order valence-corrected chi connectivity index (χ2v) is 3.60. The number of hydrogen-bond donors (Lipinski definition) is 1. The standard InChI is InChI=1S/C8H14N4/c1-6-3-7(6)4-9-8-5-10-11-12(8)2/h5-7,9H,3-4H2,1-2H3. The van der Waals surface area contributed by atoms with Crippen molar-refractivity contribution in [3.05, 3.63) is 6.20 Å². The third-order valence-corrected chi connectivity index (χ3v) is 2.54. The van der Waals surface area contributed by atoms with Gasteiger partial charge in [-0.3, -0.25) is 0 Å². The summed E-state index contributed by atoms with van der Waals surface area (Å²) in [6.45, 7) is 3.34. The van der Waals surface area contributed by atoms with Crippen molar-refractivity contribution in [2.75, 3.05) is 11.9 Å². The SMILES string of the molecule is CC1CC1CNc1cnnn1C. The maximum Gasteiger partial charge on any atom is 0.144 e. The van der Waals surface area contributed by atoms with E-state index in [1.807, 2.05) is 7.05 Å². The maximum absolute atomic E-state index is 3.84. The van der Waals surface area contributed by atoms with Gasteiger partial charge in [-0.25, -0.2) is 4.68 Å². The summed E-state index contributed by atoms with van der Waals surface area (Å²) in [4.78, 5) is 0. The predicted octanol–water partition coefficient (Wildman–Crippen LogP) is 0.883. The van der Waals surface area contributed by atoms with E-state index in [9.17, 15) is 0 Å². The Morgan fingerprint density at radius 1 is 1.75 bits per heavy atom. The molecule has 2 rings (SSSR count). The van der Waals surface area contributed by atoms with Crippen LogP contribution in [0.4, 0.5) is 5.82 Å². The lowest BCUT2D eigenvalue weighted by Crippen LogP contribution is -2.08. The molecule has 1 aliphatic carbocycles. The molecule has 0 radical (unpaired) electrons. The Morgan fingerprint density at radius 3 is 3.00 bits per heavy atom. The van der Waals surface area contributed by atoms with Crippen molar-refractivity contribution < 1.29 is 0 Å². The molecule has 0 bridgehead atoms. The van der Waals surface area contributed by atoms with Crippen molar-refractivity contribution in [3.8, 4) is 0 Å². The van der Waals surface area contributed by atoms with Gasteiger partial charge in [0.2, 0.25) is 0 Å². The van der Waals surface area contributed by atoms with Gasteiger partial charge in [0.1, 0.15) is 5.82 Å². The van der Waals surface area contributed by atoms with E-state index in [1.165, 1.54) is 6.42 Å². The van der Waals surface area contributed by atoms with Crippen LogP contribution in [0.1, 0.15) is 13.3 Å². The Kier molecular flexibility index (Phi) is 1.75. The van der Waals surface area contributed by atoms with Crippen molar-refractivity contribution in [3.63, 3.8) is 0 Å². The topological polar surface area (TPSA) is 42.7 Å². The Morgan fingerprint density at radius 2 is 2.50 bits per heavy atom. The van der Waals surface area contributed by atoms with Gasteiger partial charge in [0.25, 0.3) is 0 Å². The number of anilines is 1. The number of aromatic nitrogens is 3. The van der Waals surface area contributed by atoms with Gasteiger partial charge >= 0.3 is 0 Å². The molecule has 2 atom stereocenters. The van der Waals surface area contributed by atoms with E-state index in [2.05, 4.69) is 22.6 Å². The molecule has 1 N–H and O–H groups in total. The number of nitrogens with zero attached hydrogens (tertiary/aromatic N) is 3. The fourth-order valence-electron chi connectivity index (χ4n) is 1.37. The Bertz CT molecular complexity index is 268. The summed E-state index contributed by atoms with van der Waals surface area (Å²) < 4.78 is 1.76. The van der Waals surface area contributed by atoms with E-state index in [1.54, 1.807) is 10.9 Å². The molecule has 1 fully saturated rings. The van der Waals surface area contributed by atoms with Gasteiger partial charge in [0.05, 0.1) is 6.20 Å². The second kappa shape index (κ2) is 2.77. The summed E-state index contributed by atoms with van der Waals surface area (Å²) >= 11 is 0. The molecular formula is C8H14N4. The molecule has 0 amide bonds. The highest BCUT2D eigenvalue weighted by atomic mass is 15.4. The van der Waals surface area contributed by atoms with Crippen LogP contribution in [0.3, 0.4) is 0 Å².